The maximum Gasteiger partial charge on any atom is 0.273 e. The molecule has 14 heavy (non-hydrogen) atoms. The number of hydrogen-bond donors (Lipinski definition) is 0. The third kappa shape index (κ3) is 2.56. The Hall–Kier alpha value is -0.870. The molecule has 1 aromatic heterocycles. The Balaban J connectivity index is 1.95. The summed E-state index contributed by atoms with van der Waals surface area (Å²) in [5.41, 5.74) is 1.14. The maximum absolute atomic E-state index is 5.46. The molecule has 0 saturated heterocycles. The maximum atomic E-state index is 5.46. The molecule has 4 heteroatoms. The fourth-order valence-corrected chi connectivity index (χ4v) is 1.76. The van der Waals surface area contributed by atoms with Crippen molar-refractivity contribution in [2.45, 2.75) is 6.61 Å². The van der Waals surface area contributed by atoms with Gasteiger partial charge in [-0.05, 0) is 17.7 Å². The van der Waals surface area contributed by atoms with Crippen LogP contribution in [0.15, 0.2) is 40.3 Å². The van der Waals surface area contributed by atoms with Crippen molar-refractivity contribution in [1.82, 2.24) is 4.98 Å². The molecule has 1 aromatic carbocycles. The lowest BCUT2D eigenvalue weighted by molar-refractivity contribution is 0.304. The lowest BCUT2D eigenvalue weighted by Gasteiger charge is -2.01. The first-order valence-corrected chi connectivity index (χ1v) is 5.78. The van der Waals surface area contributed by atoms with Crippen molar-refractivity contribution in [3.05, 3.63) is 45.9 Å². The predicted molar refractivity (Wildman–Crippen MR) is 60.6 cm³/mol. The summed E-state index contributed by atoms with van der Waals surface area (Å²) in [5.74, 6) is 0. The minimum Gasteiger partial charge on any atom is -0.465 e. The molecule has 0 amide bonds. The zero-order chi connectivity index (χ0) is 9.80. The van der Waals surface area contributed by atoms with Crippen LogP contribution in [-0.4, -0.2) is 4.98 Å². The quantitative estimate of drug-likeness (QED) is 0.851. The van der Waals surface area contributed by atoms with Crippen LogP contribution in [0.3, 0.4) is 0 Å². The molecule has 0 bridgehead atoms. The van der Waals surface area contributed by atoms with Gasteiger partial charge in [-0.2, -0.15) is 0 Å². The van der Waals surface area contributed by atoms with E-state index in [2.05, 4.69) is 20.9 Å². The van der Waals surface area contributed by atoms with Gasteiger partial charge in [0.25, 0.3) is 5.19 Å². The molecule has 0 fully saturated rings. The highest BCUT2D eigenvalue weighted by Crippen LogP contribution is 2.16. The number of halogens is 1. The Kier molecular flexibility index (Phi) is 3.16. The molecule has 2 rings (SSSR count). The van der Waals surface area contributed by atoms with Gasteiger partial charge in [0, 0.05) is 16.0 Å². The van der Waals surface area contributed by atoms with Gasteiger partial charge in [0.2, 0.25) is 0 Å². The summed E-state index contributed by atoms with van der Waals surface area (Å²) in [6, 6.07) is 8.05. The van der Waals surface area contributed by atoms with E-state index in [9.17, 15) is 0 Å². The Morgan fingerprint density at radius 2 is 2.07 bits per heavy atom. The van der Waals surface area contributed by atoms with E-state index in [1.165, 1.54) is 11.3 Å². The zero-order valence-corrected chi connectivity index (χ0v) is 9.72. The van der Waals surface area contributed by atoms with Crippen molar-refractivity contribution >= 4 is 27.3 Å². The van der Waals surface area contributed by atoms with Gasteiger partial charge in [-0.25, -0.2) is 4.98 Å². The van der Waals surface area contributed by atoms with Gasteiger partial charge >= 0.3 is 0 Å². The molecule has 0 atom stereocenters. The molecule has 0 N–H and O–H groups in total. The highest BCUT2D eigenvalue weighted by molar-refractivity contribution is 9.10. The van der Waals surface area contributed by atoms with E-state index in [1.807, 2.05) is 29.6 Å². The number of ether oxygens (including phenoxy) is 1. The van der Waals surface area contributed by atoms with E-state index < -0.39 is 0 Å². The molecule has 0 aliphatic carbocycles. The van der Waals surface area contributed by atoms with E-state index in [4.69, 9.17) is 4.74 Å². The van der Waals surface area contributed by atoms with Crippen molar-refractivity contribution in [3.63, 3.8) is 0 Å². The van der Waals surface area contributed by atoms with Crippen molar-refractivity contribution in [2.75, 3.05) is 0 Å². The molecule has 72 valence electrons. The summed E-state index contributed by atoms with van der Waals surface area (Å²) in [6.45, 7) is 0.570. The van der Waals surface area contributed by atoms with Crippen LogP contribution in [0.5, 0.6) is 5.19 Å². The van der Waals surface area contributed by atoms with Crippen molar-refractivity contribution in [3.8, 4) is 5.19 Å². The highest BCUT2D eigenvalue weighted by atomic mass is 79.9. The number of hydrogen-bond acceptors (Lipinski definition) is 3. The molecule has 0 radical (unpaired) electrons. The van der Waals surface area contributed by atoms with Crippen molar-refractivity contribution in [2.24, 2.45) is 0 Å². The van der Waals surface area contributed by atoms with Crippen LogP contribution in [0.4, 0.5) is 0 Å². The SMILES string of the molecule is Brc1ccc(COc2nccs2)cc1. The Morgan fingerprint density at radius 3 is 2.71 bits per heavy atom. The second-order valence-corrected chi connectivity index (χ2v) is 4.49. The molecule has 2 nitrogen and oxygen atoms in total. The van der Waals surface area contributed by atoms with Gasteiger partial charge in [-0.3, -0.25) is 0 Å². The molecule has 0 aliphatic heterocycles. The molecule has 0 unspecified atom stereocenters. The van der Waals surface area contributed by atoms with Gasteiger partial charge in [-0.1, -0.05) is 39.4 Å². The normalized spacial score (nSPS) is 10.1. The molecule has 2 aromatic rings. The van der Waals surface area contributed by atoms with Crippen LogP contribution < -0.4 is 4.74 Å². The average molecular weight is 270 g/mol. The summed E-state index contributed by atoms with van der Waals surface area (Å²) in [5, 5.41) is 2.62. The lowest BCUT2D eigenvalue weighted by atomic mass is 10.2. The summed E-state index contributed by atoms with van der Waals surface area (Å²) < 4.78 is 6.54. The average Bonchev–Trinajstić information content (AvgIpc) is 2.70. The van der Waals surface area contributed by atoms with Crippen LogP contribution in [0.25, 0.3) is 0 Å². The monoisotopic (exact) mass is 269 g/mol. The second kappa shape index (κ2) is 4.57. The molecular formula is C10H8BrNOS. The van der Waals surface area contributed by atoms with Gasteiger partial charge in [-0.15, -0.1) is 0 Å². The van der Waals surface area contributed by atoms with E-state index in [0.29, 0.717) is 11.8 Å². The third-order valence-electron chi connectivity index (χ3n) is 1.69. The Bertz CT molecular complexity index is 385. The first kappa shape index (κ1) is 9.68. The number of thiazole rings is 1. The third-order valence-corrected chi connectivity index (χ3v) is 2.90. The van der Waals surface area contributed by atoms with Crippen LogP contribution in [0.2, 0.25) is 0 Å². The topological polar surface area (TPSA) is 22.1 Å². The van der Waals surface area contributed by atoms with E-state index in [1.54, 1.807) is 6.20 Å². The van der Waals surface area contributed by atoms with E-state index in [-0.39, 0.29) is 0 Å². The number of aromatic nitrogens is 1. The fourth-order valence-electron chi connectivity index (χ4n) is 1.01. The molecule has 0 saturated carbocycles. The van der Waals surface area contributed by atoms with E-state index >= 15 is 0 Å². The standard InChI is InChI=1S/C10H8BrNOS/c11-9-3-1-8(2-4-9)7-13-10-12-5-6-14-10/h1-6H,7H2. The summed E-state index contributed by atoms with van der Waals surface area (Å²) in [7, 11) is 0. The van der Waals surface area contributed by atoms with Crippen LogP contribution in [-0.2, 0) is 6.61 Å². The molecule has 1 heterocycles. The highest BCUT2D eigenvalue weighted by Gasteiger charge is 1.97. The minimum absolute atomic E-state index is 0.570. The second-order valence-electron chi connectivity index (χ2n) is 2.71. The first-order valence-electron chi connectivity index (χ1n) is 4.11. The zero-order valence-electron chi connectivity index (χ0n) is 7.31. The smallest absolute Gasteiger partial charge is 0.273 e. The fraction of sp³-hybridized carbons (Fsp3) is 0.100. The molecule has 0 spiro atoms. The van der Waals surface area contributed by atoms with Gasteiger partial charge in [0.1, 0.15) is 6.61 Å². The predicted octanol–water partition coefficient (Wildman–Crippen LogP) is 3.48. The molecule has 0 aliphatic rings. The lowest BCUT2D eigenvalue weighted by Crippen LogP contribution is -1.94. The van der Waals surface area contributed by atoms with Crippen molar-refractivity contribution in [1.29, 1.82) is 0 Å². The Labute approximate surface area is 94.7 Å². The van der Waals surface area contributed by atoms with Gasteiger partial charge in [0.15, 0.2) is 0 Å². The minimum atomic E-state index is 0.570. The summed E-state index contributed by atoms with van der Waals surface area (Å²) >= 11 is 4.89. The largest absolute Gasteiger partial charge is 0.465 e. The van der Waals surface area contributed by atoms with Crippen LogP contribution >= 0.6 is 27.3 Å². The summed E-state index contributed by atoms with van der Waals surface area (Å²) in [6.07, 6.45) is 1.74. The summed E-state index contributed by atoms with van der Waals surface area (Å²) in [4.78, 5) is 4.04. The number of benzene rings is 1. The number of nitrogens with zero attached hydrogens (tertiary/aromatic N) is 1. The Morgan fingerprint density at radius 1 is 1.29 bits per heavy atom. The molecular weight excluding hydrogens is 262 g/mol. The first-order chi connectivity index (χ1) is 6.84. The van der Waals surface area contributed by atoms with Crippen LogP contribution in [0.1, 0.15) is 5.56 Å². The van der Waals surface area contributed by atoms with Crippen molar-refractivity contribution < 1.29 is 4.74 Å². The van der Waals surface area contributed by atoms with Gasteiger partial charge in [0.05, 0.1) is 0 Å². The number of rotatable bonds is 3. The van der Waals surface area contributed by atoms with E-state index in [0.717, 1.165) is 10.0 Å². The van der Waals surface area contributed by atoms with Gasteiger partial charge < -0.3 is 4.74 Å². The van der Waals surface area contributed by atoms with Crippen LogP contribution in [0, 0.1) is 0 Å².